The maximum atomic E-state index is 13.5. The van der Waals surface area contributed by atoms with Crippen molar-refractivity contribution in [3.63, 3.8) is 0 Å². The number of aliphatic hydroxyl groups excluding tert-OH is 1. The van der Waals surface area contributed by atoms with Crippen molar-refractivity contribution in [2.24, 2.45) is 0 Å². The Morgan fingerprint density at radius 1 is 0.660 bits per heavy atom. The molecule has 0 saturated heterocycles. The van der Waals surface area contributed by atoms with Crippen molar-refractivity contribution in [3.8, 4) is 11.5 Å². The van der Waals surface area contributed by atoms with E-state index in [1.165, 1.54) is 0 Å². The molecule has 268 valence electrons. The molecule has 9 heteroatoms. The molecule has 0 aliphatic rings. The quantitative estimate of drug-likeness (QED) is 0.128. The number of hydrogen-bond donors (Lipinski definition) is 1. The van der Waals surface area contributed by atoms with Gasteiger partial charge in [0.15, 0.2) is 0 Å². The van der Waals surface area contributed by atoms with Gasteiger partial charge in [-0.3, -0.25) is 9.59 Å². The fourth-order valence-corrected chi connectivity index (χ4v) is 5.89. The van der Waals surface area contributed by atoms with Crippen LogP contribution < -0.4 is 19.3 Å². The number of carbonyl (C=O) groups is 2. The van der Waals surface area contributed by atoms with Gasteiger partial charge in [-0.05, 0) is 101 Å². The fraction of sp³-hybridized carbons (Fsp3) is 0.415. The summed E-state index contributed by atoms with van der Waals surface area (Å²) in [6, 6.07) is 25.7. The summed E-state index contributed by atoms with van der Waals surface area (Å²) in [7, 11) is 3.26. The van der Waals surface area contributed by atoms with Crippen LogP contribution in [0.25, 0.3) is 10.8 Å². The second kappa shape index (κ2) is 16.8. The van der Waals surface area contributed by atoms with Crippen LogP contribution in [-0.2, 0) is 38.6 Å². The smallest absolute Gasteiger partial charge is 0.326 e. The number of hydrogen-bond acceptors (Lipinski definition) is 9. The average Bonchev–Trinajstić information content (AvgIpc) is 3.05. The number of nitrogens with zero attached hydrogens (tertiary/aromatic N) is 2. The first-order valence-electron chi connectivity index (χ1n) is 17.0. The zero-order valence-electron chi connectivity index (χ0n) is 30.7. The highest BCUT2D eigenvalue weighted by Gasteiger charge is 2.26. The number of ether oxygens (including phenoxy) is 4. The van der Waals surface area contributed by atoms with E-state index >= 15 is 0 Å². The zero-order chi connectivity index (χ0) is 36.5. The monoisotopic (exact) mass is 684 g/mol. The molecular formula is C41H52N2O7. The van der Waals surface area contributed by atoms with Crippen LogP contribution in [0.5, 0.6) is 11.5 Å². The maximum absolute atomic E-state index is 13.5. The minimum atomic E-state index is -0.655. The molecule has 0 fully saturated rings. The topological polar surface area (TPSA) is 97.8 Å². The molecule has 0 aromatic heterocycles. The van der Waals surface area contributed by atoms with Crippen molar-refractivity contribution in [1.29, 1.82) is 0 Å². The molecule has 0 saturated carbocycles. The lowest BCUT2D eigenvalue weighted by Gasteiger charge is -2.33. The number of esters is 2. The molecule has 4 rings (SSSR count). The maximum Gasteiger partial charge on any atom is 0.326 e. The molecule has 0 aliphatic heterocycles. The van der Waals surface area contributed by atoms with Gasteiger partial charge in [-0.2, -0.15) is 0 Å². The Labute approximate surface area is 296 Å². The Bertz CT molecular complexity index is 1720. The van der Waals surface area contributed by atoms with Gasteiger partial charge in [0.25, 0.3) is 0 Å². The van der Waals surface area contributed by atoms with Crippen LogP contribution in [0.3, 0.4) is 0 Å². The summed E-state index contributed by atoms with van der Waals surface area (Å²) in [4.78, 5) is 30.9. The molecule has 0 bridgehead atoms. The summed E-state index contributed by atoms with van der Waals surface area (Å²) in [5.74, 6) is 0.795. The summed E-state index contributed by atoms with van der Waals surface area (Å²) in [6.45, 7) is 12.0. The average molecular weight is 685 g/mol. The zero-order valence-corrected chi connectivity index (χ0v) is 30.7. The Morgan fingerprint density at radius 3 is 1.58 bits per heavy atom. The number of methoxy groups -OCH3 is 2. The molecule has 0 radical (unpaired) electrons. The van der Waals surface area contributed by atoms with Gasteiger partial charge in [0.05, 0.1) is 14.2 Å². The third-order valence-electron chi connectivity index (χ3n) is 7.88. The molecule has 4 aromatic rings. The molecule has 0 spiro atoms. The van der Waals surface area contributed by atoms with Gasteiger partial charge in [-0.25, -0.2) is 0 Å². The second-order valence-corrected chi connectivity index (χ2v) is 14.4. The molecule has 0 unspecified atom stereocenters. The van der Waals surface area contributed by atoms with Crippen LogP contribution in [0.2, 0.25) is 0 Å². The molecule has 50 heavy (non-hydrogen) atoms. The van der Waals surface area contributed by atoms with Crippen molar-refractivity contribution in [3.05, 3.63) is 95.6 Å². The van der Waals surface area contributed by atoms with E-state index in [0.29, 0.717) is 25.9 Å². The van der Waals surface area contributed by atoms with Gasteiger partial charge in [0.2, 0.25) is 0 Å². The number of benzene rings is 4. The Balaban J connectivity index is 1.91. The molecular weight excluding hydrogens is 632 g/mol. The SMILES string of the molecule is COc1ccc(CN(CC(=O)OC(C)(C)C)c2cc(CCCO)c(N(CC(=O)OC(C)(C)C)Cc3ccc(OC)cc3)c3ccccc23)cc1. The number of anilines is 2. The lowest BCUT2D eigenvalue weighted by Crippen LogP contribution is -2.36. The van der Waals surface area contributed by atoms with Gasteiger partial charge in [0, 0.05) is 41.8 Å². The van der Waals surface area contributed by atoms with E-state index in [1.54, 1.807) is 14.2 Å². The van der Waals surface area contributed by atoms with E-state index in [4.69, 9.17) is 18.9 Å². The lowest BCUT2D eigenvalue weighted by atomic mass is 9.96. The van der Waals surface area contributed by atoms with Gasteiger partial charge < -0.3 is 33.9 Å². The van der Waals surface area contributed by atoms with Crippen LogP contribution in [-0.4, -0.2) is 62.2 Å². The summed E-state index contributed by atoms with van der Waals surface area (Å²) >= 11 is 0. The molecule has 4 aromatic carbocycles. The van der Waals surface area contributed by atoms with E-state index in [-0.39, 0.29) is 31.6 Å². The largest absolute Gasteiger partial charge is 0.497 e. The summed E-state index contributed by atoms with van der Waals surface area (Å²) in [6.07, 6.45) is 1.05. The third-order valence-corrected chi connectivity index (χ3v) is 7.88. The predicted octanol–water partition coefficient (Wildman–Crippen LogP) is 7.48. The number of aliphatic hydroxyl groups is 1. The molecule has 9 nitrogen and oxygen atoms in total. The van der Waals surface area contributed by atoms with E-state index < -0.39 is 11.2 Å². The van der Waals surface area contributed by atoms with Gasteiger partial charge in [-0.15, -0.1) is 0 Å². The van der Waals surface area contributed by atoms with Crippen molar-refractivity contribution in [2.45, 2.75) is 78.7 Å². The summed E-state index contributed by atoms with van der Waals surface area (Å²) in [5.41, 5.74) is 3.34. The van der Waals surface area contributed by atoms with Gasteiger partial charge in [0.1, 0.15) is 35.8 Å². The van der Waals surface area contributed by atoms with Crippen LogP contribution in [0.15, 0.2) is 78.9 Å². The first-order chi connectivity index (χ1) is 23.7. The molecule has 0 atom stereocenters. The van der Waals surface area contributed by atoms with E-state index in [0.717, 1.165) is 50.3 Å². The van der Waals surface area contributed by atoms with E-state index in [9.17, 15) is 14.7 Å². The summed E-state index contributed by atoms with van der Waals surface area (Å²) in [5, 5.41) is 11.8. The first kappa shape index (κ1) is 38.0. The van der Waals surface area contributed by atoms with Crippen LogP contribution in [0.4, 0.5) is 11.4 Å². The highest BCUT2D eigenvalue weighted by Crippen LogP contribution is 2.40. The molecule has 1 N–H and O–H groups in total. The standard InChI is InChI=1S/C41H52N2O7/c1-40(2,3)49-37(45)27-42(25-29-15-19-32(47-7)20-16-29)36-24-31(12-11-23-44)39(35-14-10-9-13-34(35)36)43(28-38(46)50-41(4,5)6)26-30-17-21-33(48-8)22-18-30/h9-10,13-22,24,44H,11-12,23,25-28H2,1-8H3. The second-order valence-electron chi connectivity index (χ2n) is 14.4. The Hall–Kier alpha value is -4.76. The predicted molar refractivity (Wildman–Crippen MR) is 199 cm³/mol. The lowest BCUT2D eigenvalue weighted by molar-refractivity contribution is -0.154. The number of carbonyl (C=O) groups excluding carboxylic acids is 2. The van der Waals surface area contributed by atoms with Crippen molar-refractivity contribution in [1.82, 2.24) is 0 Å². The van der Waals surface area contributed by atoms with Gasteiger partial charge >= 0.3 is 11.9 Å². The van der Waals surface area contributed by atoms with Gasteiger partial charge in [-0.1, -0.05) is 48.5 Å². The van der Waals surface area contributed by atoms with Crippen molar-refractivity contribution in [2.75, 3.05) is 43.7 Å². The number of aryl methyl sites for hydroxylation is 1. The Morgan fingerprint density at radius 2 is 1.12 bits per heavy atom. The normalized spacial score (nSPS) is 11.6. The van der Waals surface area contributed by atoms with E-state index in [2.05, 4.69) is 11.0 Å². The fourth-order valence-electron chi connectivity index (χ4n) is 5.89. The highest BCUT2D eigenvalue weighted by atomic mass is 16.6. The highest BCUT2D eigenvalue weighted by molar-refractivity contribution is 6.05. The molecule has 0 aliphatic carbocycles. The number of rotatable bonds is 15. The van der Waals surface area contributed by atoms with Crippen LogP contribution >= 0.6 is 0 Å². The minimum absolute atomic E-state index is 0.000380. The minimum Gasteiger partial charge on any atom is -0.497 e. The summed E-state index contributed by atoms with van der Waals surface area (Å²) < 4.78 is 22.4. The van der Waals surface area contributed by atoms with Crippen molar-refractivity contribution < 1.29 is 33.6 Å². The van der Waals surface area contributed by atoms with Crippen LogP contribution in [0.1, 0.15) is 64.7 Å². The number of fused-ring (bicyclic) bond motifs is 1. The molecule has 0 amide bonds. The molecule has 0 heterocycles. The first-order valence-corrected chi connectivity index (χ1v) is 17.0. The van der Waals surface area contributed by atoms with Crippen LogP contribution in [0, 0.1) is 0 Å². The Kier molecular flexibility index (Phi) is 12.8. The van der Waals surface area contributed by atoms with Crippen molar-refractivity contribution >= 4 is 34.1 Å². The van der Waals surface area contributed by atoms with E-state index in [1.807, 2.05) is 119 Å². The third kappa shape index (κ3) is 10.9.